The molecule has 0 bridgehead atoms. The molecule has 1 atom stereocenters. The van der Waals surface area contributed by atoms with E-state index in [0.717, 1.165) is 25.0 Å². The van der Waals surface area contributed by atoms with Gasteiger partial charge in [-0.05, 0) is 30.5 Å². The molecule has 1 N–H and O–H groups in total. The van der Waals surface area contributed by atoms with Crippen LogP contribution in [0.3, 0.4) is 0 Å². The number of phenols is 1. The van der Waals surface area contributed by atoms with E-state index in [9.17, 15) is 0 Å². The lowest BCUT2D eigenvalue weighted by Gasteiger charge is -2.01. The number of benzene rings is 1. The Morgan fingerprint density at radius 3 is 2.71 bits per heavy atom. The SMILES string of the molecule is Oc1ccc(/C=C/C2CCCO2)cc1. The lowest BCUT2D eigenvalue weighted by Crippen LogP contribution is -1.98. The summed E-state index contributed by atoms with van der Waals surface area (Å²) in [7, 11) is 0. The van der Waals surface area contributed by atoms with Gasteiger partial charge in [-0.2, -0.15) is 0 Å². The average Bonchev–Trinajstić information content (AvgIpc) is 2.70. The molecule has 2 rings (SSSR count). The maximum Gasteiger partial charge on any atom is 0.115 e. The molecule has 0 amide bonds. The summed E-state index contributed by atoms with van der Waals surface area (Å²) in [5.74, 6) is 0.305. The summed E-state index contributed by atoms with van der Waals surface area (Å²) in [5.41, 5.74) is 1.10. The van der Waals surface area contributed by atoms with Gasteiger partial charge < -0.3 is 9.84 Å². The molecule has 1 heterocycles. The molecule has 1 saturated heterocycles. The summed E-state index contributed by atoms with van der Waals surface area (Å²) >= 11 is 0. The Labute approximate surface area is 83.8 Å². The van der Waals surface area contributed by atoms with Crippen LogP contribution in [-0.4, -0.2) is 17.8 Å². The van der Waals surface area contributed by atoms with Crippen LogP contribution >= 0.6 is 0 Å². The molecule has 2 heteroatoms. The fraction of sp³-hybridized carbons (Fsp3) is 0.333. The molecule has 2 nitrogen and oxygen atoms in total. The Morgan fingerprint density at radius 1 is 1.29 bits per heavy atom. The minimum absolute atomic E-state index is 0.281. The van der Waals surface area contributed by atoms with Crippen LogP contribution in [-0.2, 0) is 4.74 Å². The van der Waals surface area contributed by atoms with Crippen LogP contribution in [0.5, 0.6) is 5.75 Å². The first-order chi connectivity index (χ1) is 6.84. The largest absolute Gasteiger partial charge is 0.508 e. The highest BCUT2D eigenvalue weighted by atomic mass is 16.5. The van der Waals surface area contributed by atoms with E-state index < -0.39 is 0 Å². The highest BCUT2D eigenvalue weighted by Gasteiger charge is 2.10. The van der Waals surface area contributed by atoms with Gasteiger partial charge in [0.25, 0.3) is 0 Å². The molecule has 1 aromatic carbocycles. The number of ether oxygens (including phenoxy) is 1. The number of rotatable bonds is 2. The van der Waals surface area contributed by atoms with Crippen LogP contribution in [0.25, 0.3) is 6.08 Å². The van der Waals surface area contributed by atoms with E-state index in [0.29, 0.717) is 5.75 Å². The van der Waals surface area contributed by atoms with Crippen LogP contribution in [0, 0.1) is 0 Å². The lowest BCUT2D eigenvalue weighted by atomic mass is 10.1. The van der Waals surface area contributed by atoms with E-state index in [1.807, 2.05) is 18.2 Å². The van der Waals surface area contributed by atoms with Gasteiger partial charge in [-0.15, -0.1) is 0 Å². The molecular formula is C12H14O2. The van der Waals surface area contributed by atoms with Crippen molar-refractivity contribution in [1.29, 1.82) is 0 Å². The zero-order chi connectivity index (χ0) is 9.80. The Morgan fingerprint density at radius 2 is 2.07 bits per heavy atom. The highest BCUT2D eigenvalue weighted by Crippen LogP contribution is 2.16. The average molecular weight is 190 g/mol. The van der Waals surface area contributed by atoms with Gasteiger partial charge in [-0.1, -0.05) is 24.3 Å². The second-order valence-electron chi connectivity index (χ2n) is 3.50. The zero-order valence-electron chi connectivity index (χ0n) is 8.02. The third kappa shape index (κ3) is 2.36. The Bertz CT molecular complexity index is 308. The number of aromatic hydroxyl groups is 1. The van der Waals surface area contributed by atoms with E-state index in [4.69, 9.17) is 9.84 Å². The first-order valence-corrected chi connectivity index (χ1v) is 4.93. The summed E-state index contributed by atoms with van der Waals surface area (Å²) in [6, 6.07) is 7.16. The van der Waals surface area contributed by atoms with E-state index in [1.54, 1.807) is 12.1 Å². The molecule has 1 aromatic rings. The van der Waals surface area contributed by atoms with Gasteiger partial charge in [0, 0.05) is 6.61 Å². The van der Waals surface area contributed by atoms with Gasteiger partial charge in [-0.25, -0.2) is 0 Å². The van der Waals surface area contributed by atoms with E-state index in [1.165, 1.54) is 0 Å². The quantitative estimate of drug-likeness (QED) is 0.776. The monoisotopic (exact) mass is 190 g/mol. The van der Waals surface area contributed by atoms with Crippen molar-refractivity contribution in [1.82, 2.24) is 0 Å². The van der Waals surface area contributed by atoms with Crippen molar-refractivity contribution in [2.75, 3.05) is 6.61 Å². The van der Waals surface area contributed by atoms with Crippen molar-refractivity contribution in [3.8, 4) is 5.75 Å². The Balaban J connectivity index is 1.99. The molecule has 14 heavy (non-hydrogen) atoms. The Hall–Kier alpha value is -1.28. The molecule has 0 radical (unpaired) electrons. The zero-order valence-corrected chi connectivity index (χ0v) is 8.02. The summed E-state index contributed by atoms with van der Waals surface area (Å²) < 4.78 is 5.46. The Kier molecular flexibility index (Phi) is 2.84. The van der Waals surface area contributed by atoms with Crippen LogP contribution in [0.2, 0.25) is 0 Å². The fourth-order valence-corrected chi connectivity index (χ4v) is 1.56. The van der Waals surface area contributed by atoms with Gasteiger partial charge in [0.05, 0.1) is 6.10 Å². The summed E-state index contributed by atoms with van der Waals surface area (Å²) in [6.07, 6.45) is 6.68. The number of phenolic OH excluding ortho intramolecular Hbond substituents is 1. The molecular weight excluding hydrogens is 176 g/mol. The van der Waals surface area contributed by atoms with Crippen molar-refractivity contribution in [2.24, 2.45) is 0 Å². The second-order valence-corrected chi connectivity index (χ2v) is 3.50. The summed E-state index contributed by atoms with van der Waals surface area (Å²) in [4.78, 5) is 0. The van der Waals surface area contributed by atoms with Crippen molar-refractivity contribution in [3.05, 3.63) is 35.9 Å². The molecule has 1 aliphatic rings. The third-order valence-electron chi connectivity index (χ3n) is 2.36. The molecule has 1 aliphatic heterocycles. The molecule has 0 spiro atoms. The van der Waals surface area contributed by atoms with Crippen LogP contribution in [0.4, 0.5) is 0 Å². The first kappa shape index (κ1) is 9.28. The molecule has 1 fully saturated rings. The predicted octanol–water partition coefficient (Wildman–Crippen LogP) is 2.58. The van der Waals surface area contributed by atoms with Crippen LogP contribution in [0.1, 0.15) is 18.4 Å². The van der Waals surface area contributed by atoms with Crippen LogP contribution < -0.4 is 0 Å². The van der Waals surface area contributed by atoms with Gasteiger partial charge in [0.2, 0.25) is 0 Å². The fourth-order valence-electron chi connectivity index (χ4n) is 1.56. The standard InChI is InChI=1S/C12H14O2/c13-11-6-3-10(4-7-11)5-8-12-2-1-9-14-12/h3-8,12-13H,1-2,9H2/b8-5+. The molecule has 1 unspecified atom stereocenters. The lowest BCUT2D eigenvalue weighted by molar-refractivity contribution is 0.146. The summed E-state index contributed by atoms with van der Waals surface area (Å²) in [5, 5.41) is 9.09. The van der Waals surface area contributed by atoms with Crippen LogP contribution in [0.15, 0.2) is 30.3 Å². The highest BCUT2D eigenvalue weighted by molar-refractivity contribution is 5.50. The normalized spacial score (nSPS) is 21.9. The molecule has 0 aliphatic carbocycles. The number of hydrogen-bond donors (Lipinski definition) is 1. The third-order valence-corrected chi connectivity index (χ3v) is 2.36. The van der Waals surface area contributed by atoms with E-state index in [2.05, 4.69) is 6.08 Å². The smallest absolute Gasteiger partial charge is 0.115 e. The van der Waals surface area contributed by atoms with E-state index >= 15 is 0 Å². The predicted molar refractivity (Wildman–Crippen MR) is 56.1 cm³/mol. The van der Waals surface area contributed by atoms with Gasteiger partial charge >= 0.3 is 0 Å². The van der Waals surface area contributed by atoms with Crippen molar-refractivity contribution in [2.45, 2.75) is 18.9 Å². The molecule has 74 valence electrons. The topological polar surface area (TPSA) is 29.5 Å². The number of hydrogen-bond acceptors (Lipinski definition) is 2. The minimum atomic E-state index is 0.281. The summed E-state index contributed by atoms with van der Waals surface area (Å²) in [6.45, 7) is 0.880. The second kappa shape index (κ2) is 4.29. The van der Waals surface area contributed by atoms with Gasteiger partial charge in [0.1, 0.15) is 5.75 Å². The molecule has 0 saturated carbocycles. The van der Waals surface area contributed by atoms with E-state index in [-0.39, 0.29) is 6.10 Å². The van der Waals surface area contributed by atoms with Gasteiger partial charge in [-0.3, -0.25) is 0 Å². The maximum absolute atomic E-state index is 9.09. The van der Waals surface area contributed by atoms with Crippen molar-refractivity contribution < 1.29 is 9.84 Å². The van der Waals surface area contributed by atoms with Crippen molar-refractivity contribution in [3.63, 3.8) is 0 Å². The molecule has 0 aromatic heterocycles. The maximum atomic E-state index is 9.09. The first-order valence-electron chi connectivity index (χ1n) is 4.93. The minimum Gasteiger partial charge on any atom is -0.508 e. The van der Waals surface area contributed by atoms with Crippen molar-refractivity contribution >= 4 is 6.08 Å². The van der Waals surface area contributed by atoms with Gasteiger partial charge in [0.15, 0.2) is 0 Å².